The summed E-state index contributed by atoms with van der Waals surface area (Å²) < 4.78 is 0. The molecule has 3 heterocycles. The van der Waals surface area contributed by atoms with Crippen LogP contribution in [0.15, 0.2) is 24.9 Å². The van der Waals surface area contributed by atoms with Crippen molar-refractivity contribution in [2.45, 2.75) is 0 Å². The van der Waals surface area contributed by atoms with E-state index in [0.29, 0.717) is 23.2 Å². The predicted octanol–water partition coefficient (Wildman–Crippen LogP) is 0.0468. The molecule has 8 heteroatoms. The molecule has 3 aromatic rings. The molecule has 0 bridgehead atoms. The monoisotopic (exact) mass is 214 g/mol. The first kappa shape index (κ1) is 8.65. The molecule has 0 radical (unpaired) electrons. The Morgan fingerprint density at radius 3 is 2.31 bits per heavy atom. The average Bonchev–Trinajstić information content (AvgIpc) is 3.03. The fraction of sp³-hybridized carbons (Fsp3) is 0. The lowest BCUT2D eigenvalue weighted by atomic mass is 10.4. The van der Waals surface area contributed by atoms with Crippen molar-refractivity contribution in [1.82, 2.24) is 40.3 Å². The summed E-state index contributed by atoms with van der Waals surface area (Å²) in [6.45, 7) is 0. The fourth-order valence-corrected chi connectivity index (χ4v) is 1.25. The van der Waals surface area contributed by atoms with Crippen LogP contribution in [0.1, 0.15) is 0 Å². The van der Waals surface area contributed by atoms with Crippen molar-refractivity contribution in [2.24, 2.45) is 0 Å². The van der Waals surface area contributed by atoms with Crippen LogP contribution in [0.25, 0.3) is 23.2 Å². The Labute approximate surface area is 89.2 Å². The lowest BCUT2D eigenvalue weighted by molar-refractivity contribution is 1.05. The highest BCUT2D eigenvalue weighted by Gasteiger charge is 2.07. The van der Waals surface area contributed by atoms with E-state index in [2.05, 4.69) is 40.3 Å². The van der Waals surface area contributed by atoms with E-state index in [1.165, 1.54) is 12.7 Å². The largest absolute Gasteiger partial charge is 0.258 e. The minimum atomic E-state index is 0.464. The third-order valence-corrected chi connectivity index (χ3v) is 1.94. The molecule has 0 fully saturated rings. The van der Waals surface area contributed by atoms with Crippen LogP contribution in [-0.2, 0) is 0 Å². The summed E-state index contributed by atoms with van der Waals surface area (Å²) in [4.78, 5) is 16.3. The van der Waals surface area contributed by atoms with Gasteiger partial charge in [-0.1, -0.05) is 0 Å². The number of nitrogens with one attached hydrogen (secondary N) is 2. The second-order valence-corrected chi connectivity index (χ2v) is 2.93. The minimum absolute atomic E-state index is 0.464. The molecule has 0 saturated carbocycles. The van der Waals surface area contributed by atoms with Gasteiger partial charge in [0.2, 0.25) is 0 Å². The van der Waals surface area contributed by atoms with Gasteiger partial charge in [0.25, 0.3) is 0 Å². The number of nitrogens with zero attached hydrogens (tertiary/aromatic N) is 6. The highest BCUT2D eigenvalue weighted by molar-refractivity contribution is 5.52. The fourth-order valence-electron chi connectivity index (χ4n) is 1.25. The Morgan fingerprint density at radius 2 is 1.62 bits per heavy atom. The zero-order valence-electron chi connectivity index (χ0n) is 7.99. The molecule has 0 spiro atoms. The summed E-state index contributed by atoms with van der Waals surface area (Å²) in [5, 5.41) is 12.9. The Hall–Kier alpha value is -2.64. The number of rotatable bonds is 2. The van der Waals surface area contributed by atoms with E-state index in [1.54, 1.807) is 12.3 Å². The predicted molar refractivity (Wildman–Crippen MR) is 52.8 cm³/mol. The lowest BCUT2D eigenvalue weighted by Gasteiger charge is -1.97. The number of hydrogen-bond acceptors (Lipinski definition) is 6. The normalized spacial score (nSPS) is 10.5. The number of hydrogen-bond donors (Lipinski definition) is 2. The Kier molecular flexibility index (Phi) is 1.89. The van der Waals surface area contributed by atoms with Crippen molar-refractivity contribution < 1.29 is 0 Å². The maximum Gasteiger partial charge on any atom is 0.197 e. The molecule has 0 atom stereocenters. The van der Waals surface area contributed by atoms with E-state index in [4.69, 9.17) is 0 Å². The second-order valence-electron chi connectivity index (χ2n) is 2.93. The van der Waals surface area contributed by atoms with Crippen molar-refractivity contribution in [3.8, 4) is 23.2 Å². The molecule has 0 aliphatic rings. The van der Waals surface area contributed by atoms with E-state index in [1.807, 2.05) is 0 Å². The van der Waals surface area contributed by atoms with Gasteiger partial charge in [-0.3, -0.25) is 10.2 Å². The molecular weight excluding hydrogens is 208 g/mol. The second kappa shape index (κ2) is 3.50. The van der Waals surface area contributed by atoms with Gasteiger partial charge in [0, 0.05) is 6.20 Å². The highest BCUT2D eigenvalue weighted by atomic mass is 15.2. The van der Waals surface area contributed by atoms with Gasteiger partial charge in [-0.15, -0.1) is 0 Å². The first-order valence-corrected chi connectivity index (χ1v) is 4.48. The molecule has 0 aliphatic carbocycles. The molecule has 3 aromatic heterocycles. The van der Waals surface area contributed by atoms with Crippen LogP contribution < -0.4 is 0 Å². The zero-order valence-corrected chi connectivity index (χ0v) is 7.99. The minimum Gasteiger partial charge on any atom is -0.258 e. The Bertz CT molecular complexity index is 520. The maximum atomic E-state index is 4.28. The van der Waals surface area contributed by atoms with E-state index in [9.17, 15) is 0 Å². The molecule has 0 amide bonds. The molecule has 3 rings (SSSR count). The van der Waals surface area contributed by atoms with Gasteiger partial charge in [0.15, 0.2) is 17.5 Å². The van der Waals surface area contributed by atoms with E-state index in [-0.39, 0.29) is 0 Å². The van der Waals surface area contributed by atoms with Crippen LogP contribution in [0.2, 0.25) is 0 Å². The Morgan fingerprint density at radius 1 is 0.875 bits per heavy atom. The summed E-state index contributed by atoms with van der Waals surface area (Å²) >= 11 is 0. The molecule has 0 unspecified atom stereocenters. The van der Waals surface area contributed by atoms with Gasteiger partial charge in [0.1, 0.15) is 18.3 Å². The van der Waals surface area contributed by atoms with Crippen molar-refractivity contribution in [1.29, 1.82) is 0 Å². The summed E-state index contributed by atoms with van der Waals surface area (Å²) in [5.41, 5.74) is 0.652. The number of aromatic amines is 2. The van der Waals surface area contributed by atoms with Gasteiger partial charge in [-0.05, 0) is 6.07 Å². The topological polar surface area (TPSA) is 109 Å². The van der Waals surface area contributed by atoms with Crippen LogP contribution in [0.5, 0.6) is 0 Å². The third-order valence-electron chi connectivity index (χ3n) is 1.94. The summed E-state index contributed by atoms with van der Waals surface area (Å²) in [6, 6.07) is 1.74. The van der Waals surface area contributed by atoms with Crippen molar-refractivity contribution in [2.75, 3.05) is 0 Å². The highest BCUT2D eigenvalue weighted by Crippen LogP contribution is 2.13. The summed E-state index contributed by atoms with van der Waals surface area (Å²) in [5.74, 6) is 1.57. The lowest BCUT2D eigenvalue weighted by Crippen LogP contribution is -1.94. The third kappa shape index (κ3) is 1.41. The molecule has 78 valence electrons. The van der Waals surface area contributed by atoms with Crippen molar-refractivity contribution >= 4 is 0 Å². The molecule has 0 aliphatic heterocycles. The van der Waals surface area contributed by atoms with Gasteiger partial charge in [-0.25, -0.2) is 19.9 Å². The van der Waals surface area contributed by atoms with Crippen LogP contribution >= 0.6 is 0 Å². The van der Waals surface area contributed by atoms with Gasteiger partial charge in [0.05, 0.1) is 0 Å². The van der Waals surface area contributed by atoms with Gasteiger partial charge in [-0.2, -0.15) is 10.2 Å². The molecular formula is C8H6N8. The SMILES string of the molecule is c1cc(-c2ncn[nH]2)nc(-c2ncn[nH]2)n1. The molecule has 2 N–H and O–H groups in total. The van der Waals surface area contributed by atoms with E-state index < -0.39 is 0 Å². The summed E-state index contributed by atoms with van der Waals surface area (Å²) in [6.07, 6.45) is 4.45. The van der Waals surface area contributed by atoms with Crippen LogP contribution in [0.4, 0.5) is 0 Å². The number of H-pyrrole nitrogens is 2. The van der Waals surface area contributed by atoms with Crippen molar-refractivity contribution in [3.63, 3.8) is 0 Å². The molecule has 8 nitrogen and oxygen atoms in total. The van der Waals surface area contributed by atoms with Crippen LogP contribution in [0.3, 0.4) is 0 Å². The van der Waals surface area contributed by atoms with E-state index in [0.717, 1.165) is 0 Å². The smallest absolute Gasteiger partial charge is 0.197 e. The van der Waals surface area contributed by atoms with E-state index >= 15 is 0 Å². The van der Waals surface area contributed by atoms with Gasteiger partial charge >= 0.3 is 0 Å². The Balaban J connectivity index is 2.07. The molecule has 16 heavy (non-hydrogen) atoms. The van der Waals surface area contributed by atoms with Crippen molar-refractivity contribution in [3.05, 3.63) is 24.9 Å². The first-order chi connectivity index (χ1) is 7.93. The number of aromatic nitrogens is 8. The van der Waals surface area contributed by atoms with Gasteiger partial charge < -0.3 is 0 Å². The van der Waals surface area contributed by atoms with Crippen LogP contribution in [0, 0.1) is 0 Å². The summed E-state index contributed by atoms with van der Waals surface area (Å²) in [7, 11) is 0. The first-order valence-electron chi connectivity index (χ1n) is 4.48. The zero-order chi connectivity index (χ0) is 10.8. The maximum absolute atomic E-state index is 4.28. The molecule has 0 aromatic carbocycles. The average molecular weight is 214 g/mol. The van der Waals surface area contributed by atoms with Crippen LogP contribution in [-0.4, -0.2) is 40.3 Å². The molecule has 0 saturated heterocycles. The quantitative estimate of drug-likeness (QED) is 0.623. The standard InChI is InChI=1S/C8H6N8/c1-2-9-7(8-11-4-13-16-8)14-5(1)6-10-3-12-15-6/h1-4H,(H,10,12,15)(H,11,13,16).